The van der Waals surface area contributed by atoms with E-state index in [1.165, 1.54) is 6.42 Å². The molecule has 0 radical (unpaired) electrons. The first-order valence-electron chi connectivity index (χ1n) is 6.92. The second-order valence-corrected chi connectivity index (χ2v) is 1.81. The normalized spacial score (nSPS) is 4.62. The van der Waals surface area contributed by atoms with Gasteiger partial charge < -0.3 is 0 Å². The maximum absolute atomic E-state index is 3.48. The molecule has 0 rings (SSSR count). The molecule has 16 heavy (non-hydrogen) atoms. The second-order valence-electron chi connectivity index (χ2n) is 1.81. The fourth-order valence-electron chi connectivity index (χ4n) is 0. The topological polar surface area (TPSA) is 0 Å². The zero-order valence-corrected chi connectivity index (χ0v) is 14.0. The van der Waals surface area contributed by atoms with Gasteiger partial charge in [-0.25, -0.2) is 0 Å². The van der Waals surface area contributed by atoms with Crippen LogP contribution in [0.2, 0.25) is 0 Å². The van der Waals surface area contributed by atoms with Crippen molar-refractivity contribution in [3.63, 3.8) is 0 Å². The maximum atomic E-state index is 3.48. The molecule has 0 atom stereocenters. The fraction of sp³-hybridized carbons (Fsp3) is 0.750. The Kier molecular flexibility index (Phi) is 490. The molecule has 0 aliphatic heterocycles. The third-order valence-electron chi connectivity index (χ3n) is 0.289. The number of allylic oxidation sites excluding steroid dienone is 2. The summed E-state index contributed by atoms with van der Waals surface area (Å²) in [6.45, 7) is 27.0. The molecule has 0 aromatic heterocycles. The first-order chi connectivity index (χ1) is 7.74. The highest BCUT2D eigenvalue weighted by molar-refractivity contribution is 4.60. The van der Waals surface area contributed by atoms with Crippen LogP contribution in [0.1, 0.15) is 82.1 Å². The standard InChI is InChI=1S/C4H8.C3H8.C3H6.3C2H6/c1-3-4-2;2*1-3-2;3*1-2/h3H,1,4H2,2H3;3H2,1-2H3;3H,1H2,2H3;3*1-2H3. The minimum Gasteiger partial charge on any atom is -0.103 e. The van der Waals surface area contributed by atoms with Crippen molar-refractivity contribution >= 4 is 0 Å². The third-order valence-corrected chi connectivity index (χ3v) is 0.289. The van der Waals surface area contributed by atoms with Crippen LogP contribution in [-0.2, 0) is 0 Å². The highest BCUT2D eigenvalue weighted by Gasteiger charge is 1.45. The fourth-order valence-corrected chi connectivity index (χ4v) is 0. The van der Waals surface area contributed by atoms with Gasteiger partial charge in [0.05, 0.1) is 0 Å². The number of rotatable bonds is 1. The lowest BCUT2D eigenvalue weighted by Crippen LogP contribution is -1.36. The summed E-state index contributed by atoms with van der Waals surface area (Å²) in [4.78, 5) is 0. The van der Waals surface area contributed by atoms with Crippen molar-refractivity contribution in [2.24, 2.45) is 0 Å². The Labute approximate surface area is 108 Å². The molecule has 0 bridgehead atoms. The van der Waals surface area contributed by atoms with E-state index in [-0.39, 0.29) is 0 Å². The molecule has 0 saturated heterocycles. The van der Waals surface area contributed by atoms with E-state index in [4.69, 9.17) is 0 Å². The second kappa shape index (κ2) is 217. The molecule has 0 amide bonds. The average molecular weight is 232 g/mol. The number of hydrogen-bond donors (Lipinski definition) is 0. The third kappa shape index (κ3) is 9110. The Morgan fingerprint density at radius 1 is 0.750 bits per heavy atom. The van der Waals surface area contributed by atoms with Crippen molar-refractivity contribution in [2.75, 3.05) is 0 Å². The maximum Gasteiger partial charge on any atom is -0.0382 e. The summed E-state index contributed by atoms with van der Waals surface area (Å²) >= 11 is 0. The van der Waals surface area contributed by atoms with Gasteiger partial charge in [0.1, 0.15) is 0 Å². The molecule has 0 saturated carbocycles. The van der Waals surface area contributed by atoms with Gasteiger partial charge >= 0.3 is 0 Å². The van der Waals surface area contributed by atoms with Gasteiger partial charge in [-0.2, -0.15) is 0 Å². The van der Waals surface area contributed by atoms with E-state index in [0.717, 1.165) is 6.42 Å². The Bertz CT molecular complexity index is 44.0. The molecule has 0 nitrogen and oxygen atoms in total. The summed E-state index contributed by atoms with van der Waals surface area (Å²) in [6.07, 6.45) is 5.96. The van der Waals surface area contributed by atoms with E-state index >= 15 is 0 Å². The van der Waals surface area contributed by atoms with Crippen molar-refractivity contribution in [1.82, 2.24) is 0 Å². The minimum atomic E-state index is 1.08. The van der Waals surface area contributed by atoms with Crippen molar-refractivity contribution < 1.29 is 0 Å². The predicted octanol–water partition coefficient (Wildman–Crippen LogP) is 7.27. The van der Waals surface area contributed by atoms with Gasteiger partial charge in [0.15, 0.2) is 0 Å². The van der Waals surface area contributed by atoms with E-state index in [1.807, 2.05) is 54.5 Å². The van der Waals surface area contributed by atoms with E-state index in [9.17, 15) is 0 Å². The van der Waals surface area contributed by atoms with Crippen molar-refractivity contribution in [1.29, 1.82) is 0 Å². The Hall–Kier alpha value is -0.520. The van der Waals surface area contributed by atoms with E-state index in [0.29, 0.717) is 0 Å². The summed E-state index contributed by atoms with van der Waals surface area (Å²) < 4.78 is 0. The Morgan fingerprint density at radius 2 is 0.812 bits per heavy atom. The molecular weight excluding hydrogens is 192 g/mol. The summed E-state index contributed by atoms with van der Waals surface area (Å²) in [6, 6.07) is 0. The largest absolute Gasteiger partial charge is 0.103 e. The quantitative estimate of drug-likeness (QED) is 0.417. The first kappa shape index (κ1) is 36.1. The lowest BCUT2D eigenvalue weighted by Gasteiger charge is -1.57. The molecule has 104 valence electrons. The summed E-state index contributed by atoms with van der Waals surface area (Å²) in [5, 5.41) is 0. The zero-order valence-electron chi connectivity index (χ0n) is 14.0. The van der Waals surface area contributed by atoms with Crippen LogP contribution < -0.4 is 0 Å². The highest BCUT2D eigenvalue weighted by atomic mass is 13.5. The van der Waals surface area contributed by atoms with E-state index in [1.54, 1.807) is 6.08 Å². The van der Waals surface area contributed by atoms with Gasteiger partial charge in [0.25, 0.3) is 0 Å². The van der Waals surface area contributed by atoms with Crippen LogP contribution in [0.4, 0.5) is 0 Å². The lowest BCUT2D eigenvalue weighted by atomic mass is 10.5. The van der Waals surface area contributed by atoms with E-state index < -0.39 is 0 Å². The molecular formula is C16H40. The number of hydrogen-bond acceptors (Lipinski definition) is 0. The molecule has 0 aliphatic rings. The monoisotopic (exact) mass is 232 g/mol. The first-order valence-corrected chi connectivity index (χ1v) is 6.92. The Balaban J connectivity index is -0.0000000193. The van der Waals surface area contributed by atoms with Gasteiger partial charge in [-0.05, 0) is 13.3 Å². The van der Waals surface area contributed by atoms with Crippen molar-refractivity contribution in [3.05, 3.63) is 25.3 Å². The van der Waals surface area contributed by atoms with Gasteiger partial charge in [0.2, 0.25) is 0 Å². The highest BCUT2D eigenvalue weighted by Crippen LogP contribution is 1.66. The van der Waals surface area contributed by atoms with Crippen LogP contribution in [0.25, 0.3) is 0 Å². The molecule has 0 aromatic carbocycles. The smallest absolute Gasteiger partial charge is 0.0382 e. The molecule has 0 fully saturated rings. The SMILES string of the molecule is C=CC.C=CCC.CC.CC.CC.CCC. The summed E-state index contributed by atoms with van der Waals surface area (Å²) in [5.41, 5.74) is 0. The van der Waals surface area contributed by atoms with Crippen LogP contribution in [0, 0.1) is 0 Å². The summed E-state index contributed by atoms with van der Waals surface area (Å²) in [5.74, 6) is 0. The van der Waals surface area contributed by atoms with Gasteiger partial charge in [-0.3, -0.25) is 0 Å². The van der Waals surface area contributed by atoms with Gasteiger partial charge in [-0.15, -0.1) is 13.2 Å². The molecule has 0 spiro atoms. The molecule has 0 aliphatic carbocycles. The molecule has 0 N–H and O–H groups in total. The van der Waals surface area contributed by atoms with Crippen LogP contribution in [0.15, 0.2) is 25.3 Å². The zero-order chi connectivity index (χ0) is 14.8. The average Bonchev–Trinajstić information content (AvgIpc) is 2.38. The van der Waals surface area contributed by atoms with Crippen molar-refractivity contribution in [2.45, 2.75) is 82.1 Å². The van der Waals surface area contributed by atoms with Crippen molar-refractivity contribution in [3.8, 4) is 0 Å². The molecule has 0 unspecified atom stereocenters. The van der Waals surface area contributed by atoms with Crippen LogP contribution >= 0.6 is 0 Å². The molecule has 0 heterocycles. The van der Waals surface area contributed by atoms with Crippen LogP contribution in [0.5, 0.6) is 0 Å². The van der Waals surface area contributed by atoms with Crippen LogP contribution in [-0.4, -0.2) is 0 Å². The predicted molar refractivity (Wildman–Crippen MR) is 86.4 cm³/mol. The molecule has 0 heteroatoms. The molecule has 0 aromatic rings. The Morgan fingerprint density at radius 3 is 0.812 bits per heavy atom. The van der Waals surface area contributed by atoms with E-state index in [2.05, 4.69) is 33.9 Å². The minimum absolute atomic E-state index is 1.08. The lowest BCUT2D eigenvalue weighted by molar-refractivity contribution is 1.09. The van der Waals surface area contributed by atoms with Crippen LogP contribution in [0.3, 0.4) is 0 Å². The van der Waals surface area contributed by atoms with Gasteiger partial charge in [0, 0.05) is 0 Å². The van der Waals surface area contributed by atoms with Gasteiger partial charge in [-0.1, -0.05) is 80.9 Å². The summed E-state index contributed by atoms with van der Waals surface area (Å²) in [7, 11) is 0.